The van der Waals surface area contributed by atoms with Gasteiger partial charge in [0.25, 0.3) is 0 Å². The van der Waals surface area contributed by atoms with Crippen molar-refractivity contribution in [2.24, 2.45) is 5.92 Å². The van der Waals surface area contributed by atoms with E-state index in [0.29, 0.717) is 11.9 Å². The van der Waals surface area contributed by atoms with Gasteiger partial charge in [0.05, 0.1) is 11.6 Å². The van der Waals surface area contributed by atoms with E-state index in [1.165, 1.54) is 6.42 Å². The largest absolute Gasteiger partial charge is 0.354 e. The number of aromatic nitrogens is 4. The number of fused-ring (bicyclic) bond motifs is 1. The van der Waals surface area contributed by atoms with Crippen molar-refractivity contribution in [3.63, 3.8) is 0 Å². The molecule has 0 bridgehead atoms. The second kappa shape index (κ2) is 6.04. The molecule has 1 atom stereocenters. The molecule has 0 aliphatic rings. The van der Waals surface area contributed by atoms with Crippen molar-refractivity contribution in [1.82, 2.24) is 20.2 Å². The molecule has 0 amide bonds. The van der Waals surface area contributed by atoms with Crippen LogP contribution in [0, 0.1) is 5.92 Å². The number of H-pyrrole nitrogens is 1. The van der Waals surface area contributed by atoms with E-state index in [0.717, 1.165) is 28.4 Å². The Kier molecular flexibility index (Phi) is 4.41. The Morgan fingerprint density at radius 3 is 2.94 bits per heavy atom. The topological polar surface area (TPSA) is 66.5 Å². The Bertz CT molecular complexity index is 510. The zero-order valence-corrected chi connectivity index (χ0v) is 11.8. The Morgan fingerprint density at radius 2 is 2.22 bits per heavy atom. The van der Waals surface area contributed by atoms with Crippen LogP contribution in [0.2, 0.25) is 0 Å². The standard InChI is InChI=1S/C12H19N5S/c1-4-8(3)7-18-11-9-6-14-17-10(9)15-12(16-11)13-5-2/h6,8H,4-5,7H2,1-3H3,(H2,13,14,15,16,17). The minimum atomic E-state index is 0.668. The maximum atomic E-state index is 4.55. The summed E-state index contributed by atoms with van der Waals surface area (Å²) in [5.74, 6) is 2.43. The molecular formula is C12H19N5S. The molecule has 0 spiro atoms. The Hall–Kier alpha value is -1.30. The minimum absolute atomic E-state index is 0.668. The van der Waals surface area contributed by atoms with Gasteiger partial charge in [-0.05, 0) is 12.8 Å². The molecule has 2 heterocycles. The van der Waals surface area contributed by atoms with Gasteiger partial charge in [-0.3, -0.25) is 5.10 Å². The third-order valence-electron chi connectivity index (χ3n) is 2.81. The number of hydrogen-bond donors (Lipinski definition) is 2. The van der Waals surface area contributed by atoms with Crippen LogP contribution in [0.4, 0.5) is 5.95 Å². The molecule has 1 unspecified atom stereocenters. The maximum Gasteiger partial charge on any atom is 0.225 e. The third kappa shape index (κ3) is 2.93. The van der Waals surface area contributed by atoms with Gasteiger partial charge in [0.2, 0.25) is 5.95 Å². The van der Waals surface area contributed by atoms with E-state index in [-0.39, 0.29) is 0 Å². The number of hydrogen-bond acceptors (Lipinski definition) is 5. The van der Waals surface area contributed by atoms with Gasteiger partial charge in [0.15, 0.2) is 5.65 Å². The van der Waals surface area contributed by atoms with E-state index in [2.05, 4.69) is 39.3 Å². The maximum absolute atomic E-state index is 4.55. The highest BCUT2D eigenvalue weighted by Gasteiger charge is 2.10. The number of thioether (sulfide) groups is 1. The summed E-state index contributed by atoms with van der Waals surface area (Å²) in [6.07, 6.45) is 2.98. The molecule has 2 rings (SSSR count). The van der Waals surface area contributed by atoms with Crippen molar-refractivity contribution >= 4 is 28.7 Å². The van der Waals surface area contributed by atoms with Gasteiger partial charge < -0.3 is 5.32 Å². The molecule has 0 aliphatic carbocycles. The second-order valence-corrected chi connectivity index (χ2v) is 5.35. The molecule has 6 heteroatoms. The summed E-state index contributed by atoms with van der Waals surface area (Å²) in [6, 6.07) is 0. The van der Waals surface area contributed by atoms with Crippen molar-refractivity contribution in [3.05, 3.63) is 6.20 Å². The van der Waals surface area contributed by atoms with Crippen molar-refractivity contribution in [3.8, 4) is 0 Å². The van der Waals surface area contributed by atoms with Crippen LogP contribution in [-0.4, -0.2) is 32.5 Å². The molecule has 0 fully saturated rings. The van der Waals surface area contributed by atoms with E-state index < -0.39 is 0 Å². The molecular weight excluding hydrogens is 246 g/mol. The minimum Gasteiger partial charge on any atom is -0.354 e. The first-order valence-corrected chi connectivity index (χ1v) is 7.30. The Labute approximate surface area is 111 Å². The van der Waals surface area contributed by atoms with E-state index >= 15 is 0 Å². The summed E-state index contributed by atoms with van der Waals surface area (Å²) < 4.78 is 0. The van der Waals surface area contributed by atoms with E-state index in [9.17, 15) is 0 Å². The summed E-state index contributed by atoms with van der Waals surface area (Å²) in [6.45, 7) is 7.32. The number of aromatic amines is 1. The fourth-order valence-corrected chi connectivity index (χ4v) is 2.63. The predicted octanol–water partition coefficient (Wildman–Crippen LogP) is 2.92. The van der Waals surface area contributed by atoms with Gasteiger partial charge in [-0.1, -0.05) is 20.3 Å². The first kappa shape index (κ1) is 13.1. The summed E-state index contributed by atoms with van der Waals surface area (Å²) in [5.41, 5.74) is 0.799. The van der Waals surface area contributed by atoms with Crippen molar-refractivity contribution in [2.45, 2.75) is 32.2 Å². The summed E-state index contributed by atoms with van der Waals surface area (Å²) >= 11 is 1.78. The smallest absolute Gasteiger partial charge is 0.225 e. The zero-order valence-electron chi connectivity index (χ0n) is 11.0. The molecule has 0 aliphatic heterocycles. The summed E-state index contributed by atoms with van der Waals surface area (Å²) in [5, 5.41) is 12.1. The van der Waals surface area contributed by atoms with E-state index in [4.69, 9.17) is 0 Å². The highest BCUT2D eigenvalue weighted by molar-refractivity contribution is 7.99. The number of nitrogens with zero attached hydrogens (tertiary/aromatic N) is 3. The summed E-state index contributed by atoms with van der Waals surface area (Å²) in [4.78, 5) is 8.93. The highest BCUT2D eigenvalue weighted by Crippen LogP contribution is 2.27. The van der Waals surface area contributed by atoms with Gasteiger partial charge in [-0.15, -0.1) is 11.8 Å². The Balaban J connectivity index is 2.25. The van der Waals surface area contributed by atoms with Crippen LogP contribution >= 0.6 is 11.8 Å². The van der Waals surface area contributed by atoms with Gasteiger partial charge in [-0.2, -0.15) is 10.1 Å². The average molecular weight is 265 g/mol. The zero-order chi connectivity index (χ0) is 13.0. The number of rotatable bonds is 6. The van der Waals surface area contributed by atoms with Gasteiger partial charge in [-0.25, -0.2) is 4.98 Å². The van der Waals surface area contributed by atoms with Crippen LogP contribution in [0.3, 0.4) is 0 Å². The first-order valence-electron chi connectivity index (χ1n) is 6.32. The van der Waals surface area contributed by atoms with Gasteiger partial charge in [0, 0.05) is 12.3 Å². The summed E-state index contributed by atoms with van der Waals surface area (Å²) in [7, 11) is 0. The fourth-order valence-electron chi connectivity index (χ4n) is 1.49. The van der Waals surface area contributed by atoms with Crippen LogP contribution in [0.5, 0.6) is 0 Å². The third-order valence-corrected chi connectivity index (χ3v) is 4.13. The molecule has 2 aromatic rings. The molecule has 0 saturated heterocycles. The molecule has 0 radical (unpaired) electrons. The molecule has 5 nitrogen and oxygen atoms in total. The molecule has 18 heavy (non-hydrogen) atoms. The lowest BCUT2D eigenvalue weighted by molar-refractivity contribution is 0.636. The lowest BCUT2D eigenvalue weighted by atomic mass is 10.2. The Morgan fingerprint density at radius 1 is 1.39 bits per heavy atom. The SMILES string of the molecule is CCNc1nc(SCC(C)CC)c2cn[nH]c2n1. The predicted molar refractivity (Wildman–Crippen MR) is 76.0 cm³/mol. The highest BCUT2D eigenvalue weighted by atomic mass is 32.2. The van der Waals surface area contributed by atoms with Crippen LogP contribution < -0.4 is 5.32 Å². The van der Waals surface area contributed by atoms with Crippen molar-refractivity contribution in [1.29, 1.82) is 0 Å². The molecule has 0 saturated carbocycles. The van der Waals surface area contributed by atoms with Gasteiger partial charge in [0.1, 0.15) is 5.03 Å². The lowest BCUT2D eigenvalue weighted by Crippen LogP contribution is -2.04. The molecule has 2 N–H and O–H groups in total. The first-order chi connectivity index (χ1) is 8.74. The molecule has 98 valence electrons. The molecule has 2 aromatic heterocycles. The average Bonchev–Trinajstić information content (AvgIpc) is 2.84. The monoisotopic (exact) mass is 265 g/mol. The van der Waals surface area contributed by atoms with Crippen LogP contribution in [0.15, 0.2) is 11.2 Å². The van der Waals surface area contributed by atoms with Crippen molar-refractivity contribution < 1.29 is 0 Å². The van der Waals surface area contributed by atoms with Gasteiger partial charge >= 0.3 is 0 Å². The van der Waals surface area contributed by atoms with Crippen LogP contribution in [0.25, 0.3) is 11.0 Å². The quantitative estimate of drug-likeness (QED) is 0.621. The number of nitrogens with one attached hydrogen (secondary N) is 2. The lowest BCUT2D eigenvalue weighted by Gasteiger charge is -2.09. The van der Waals surface area contributed by atoms with Crippen molar-refractivity contribution in [2.75, 3.05) is 17.6 Å². The molecule has 0 aromatic carbocycles. The van der Waals surface area contributed by atoms with E-state index in [1.807, 2.05) is 6.92 Å². The van der Waals surface area contributed by atoms with E-state index in [1.54, 1.807) is 18.0 Å². The fraction of sp³-hybridized carbons (Fsp3) is 0.583. The van der Waals surface area contributed by atoms with Crippen LogP contribution in [-0.2, 0) is 0 Å². The second-order valence-electron chi connectivity index (χ2n) is 4.34. The number of anilines is 1. The normalized spacial score (nSPS) is 12.8. The van der Waals surface area contributed by atoms with Crippen LogP contribution in [0.1, 0.15) is 27.2 Å².